The van der Waals surface area contributed by atoms with Crippen LogP contribution in [0.2, 0.25) is 0 Å². The molecule has 1 amide bonds. The molecular weight excluding hydrogens is 502 g/mol. The molecule has 1 fully saturated rings. The van der Waals surface area contributed by atoms with E-state index >= 15 is 0 Å². The number of hydrogen-bond donors (Lipinski definition) is 3. The van der Waals surface area contributed by atoms with Crippen molar-refractivity contribution in [3.8, 4) is 0 Å². The van der Waals surface area contributed by atoms with Crippen LogP contribution in [0.3, 0.4) is 0 Å². The van der Waals surface area contributed by atoms with Gasteiger partial charge in [-0.15, -0.1) is 0 Å². The second kappa shape index (κ2) is 11.8. The zero-order valence-electron chi connectivity index (χ0n) is 21.5. The van der Waals surface area contributed by atoms with Gasteiger partial charge in [-0.25, -0.2) is 9.79 Å². The highest BCUT2D eigenvalue weighted by atomic mass is 16.5. The van der Waals surface area contributed by atoms with Crippen LogP contribution >= 0.6 is 0 Å². The molecule has 1 atom stereocenters. The quantitative estimate of drug-likeness (QED) is 0.213. The normalized spacial score (nSPS) is 15.6. The number of furan rings is 1. The van der Waals surface area contributed by atoms with Gasteiger partial charge in [0.1, 0.15) is 5.54 Å². The molecule has 1 saturated heterocycles. The molecule has 1 aliphatic heterocycles. The van der Waals surface area contributed by atoms with Crippen molar-refractivity contribution < 1.29 is 28.6 Å². The Morgan fingerprint density at radius 1 is 1.05 bits per heavy atom. The summed E-state index contributed by atoms with van der Waals surface area (Å²) in [6, 6.07) is 18.8. The minimum Gasteiger partial charge on any atom is -0.481 e. The third-order valence-corrected chi connectivity index (χ3v) is 6.92. The highest BCUT2D eigenvalue weighted by molar-refractivity contribution is 6.11. The number of likely N-dealkylation sites (tertiary alicyclic amines) is 1. The van der Waals surface area contributed by atoms with Crippen LogP contribution in [0.15, 0.2) is 82.4 Å². The predicted octanol–water partition coefficient (Wildman–Crippen LogP) is 2.71. The summed E-state index contributed by atoms with van der Waals surface area (Å²) in [4.78, 5) is 47.1. The number of guanidine groups is 1. The van der Waals surface area contributed by atoms with Gasteiger partial charge in [0, 0.05) is 19.6 Å². The van der Waals surface area contributed by atoms with Crippen LogP contribution in [0.1, 0.15) is 34.9 Å². The fourth-order valence-corrected chi connectivity index (χ4v) is 5.02. The van der Waals surface area contributed by atoms with Crippen LogP contribution in [-0.2, 0) is 14.3 Å². The maximum absolute atomic E-state index is 13.9. The molecule has 0 bridgehead atoms. The summed E-state index contributed by atoms with van der Waals surface area (Å²) in [5.74, 6) is -3.05. The van der Waals surface area contributed by atoms with E-state index < -0.39 is 29.3 Å². The number of ether oxygens (including phenoxy) is 1. The van der Waals surface area contributed by atoms with Crippen LogP contribution in [0.4, 0.5) is 11.4 Å². The fourth-order valence-electron chi connectivity index (χ4n) is 5.02. The van der Waals surface area contributed by atoms with Crippen molar-refractivity contribution in [1.29, 1.82) is 0 Å². The summed E-state index contributed by atoms with van der Waals surface area (Å²) < 4.78 is 10.7. The maximum Gasteiger partial charge on any atom is 0.332 e. The lowest BCUT2D eigenvalue weighted by atomic mass is 9.83. The average Bonchev–Trinajstić information content (AvgIpc) is 3.48. The van der Waals surface area contributed by atoms with Gasteiger partial charge in [-0.1, -0.05) is 42.5 Å². The number of aliphatic carboxylic acids is 1. The second-order valence-electron chi connectivity index (χ2n) is 9.27. The summed E-state index contributed by atoms with van der Waals surface area (Å²) in [7, 11) is 1.27. The van der Waals surface area contributed by atoms with Crippen molar-refractivity contribution in [2.75, 3.05) is 31.6 Å². The van der Waals surface area contributed by atoms with Crippen molar-refractivity contribution >= 4 is 35.2 Å². The molecule has 0 spiro atoms. The molecular formula is C28H31N5O6. The van der Waals surface area contributed by atoms with Crippen molar-refractivity contribution in [3.05, 3.63) is 84.3 Å². The van der Waals surface area contributed by atoms with Gasteiger partial charge in [0.15, 0.2) is 11.7 Å². The van der Waals surface area contributed by atoms with Crippen LogP contribution in [0, 0.1) is 0 Å². The molecule has 11 heteroatoms. The van der Waals surface area contributed by atoms with Crippen LogP contribution < -0.4 is 16.4 Å². The van der Waals surface area contributed by atoms with E-state index in [0.717, 1.165) is 0 Å². The summed E-state index contributed by atoms with van der Waals surface area (Å²) in [5, 5.41) is 9.91. The third-order valence-electron chi connectivity index (χ3n) is 6.92. The van der Waals surface area contributed by atoms with E-state index in [9.17, 15) is 19.5 Å². The number of hydrogen-bond acceptors (Lipinski definition) is 7. The number of benzene rings is 2. The van der Waals surface area contributed by atoms with E-state index in [4.69, 9.17) is 20.6 Å². The number of para-hydroxylation sites is 2. The van der Waals surface area contributed by atoms with E-state index in [1.54, 1.807) is 54.6 Å². The first kappa shape index (κ1) is 27.4. The predicted molar refractivity (Wildman–Crippen MR) is 145 cm³/mol. The topological polar surface area (TPSA) is 165 Å². The molecule has 0 saturated carbocycles. The zero-order valence-corrected chi connectivity index (χ0v) is 21.5. The number of esters is 1. The summed E-state index contributed by atoms with van der Waals surface area (Å²) in [5.41, 5.74) is 11.2. The van der Waals surface area contributed by atoms with Crippen molar-refractivity contribution in [2.24, 2.45) is 16.5 Å². The Hall–Kier alpha value is -4.64. The first-order valence-corrected chi connectivity index (χ1v) is 12.4. The largest absolute Gasteiger partial charge is 0.481 e. The molecule has 0 radical (unpaired) electrons. The molecule has 1 aromatic heterocycles. The van der Waals surface area contributed by atoms with Gasteiger partial charge in [-0.3, -0.25) is 14.5 Å². The molecule has 39 heavy (non-hydrogen) atoms. The zero-order chi connectivity index (χ0) is 28.0. The molecule has 0 aliphatic carbocycles. The SMILES string of the molecule is COC(=O)C1(N(C(=O)c2ccco2)c2ccccc2N=C(N)N)CCN(CC(C(=O)O)c2ccccc2)CC1. The number of carboxylic acid groups (broad SMARTS) is 1. The lowest BCUT2D eigenvalue weighted by molar-refractivity contribution is -0.149. The number of nitrogens with zero attached hydrogens (tertiary/aromatic N) is 3. The Morgan fingerprint density at radius 2 is 1.72 bits per heavy atom. The molecule has 1 unspecified atom stereocenters. The Morgan fingerprint density at radius 3 is 2.31 bits per heavy atom. The number of amides is 1. The van der Waals surface area contributed by atoms with Crippen molar-refractivity contribution in [2.45, 2.75) is 24.3 Å². The molecule has 4 rings (SSSR count). The number of anilines is 1. The number of aliphatic imine (C=N–C) groups is 1. The van der Waals surface area contributed by atoms with Gasteiger partial charge in [0.05, 0.1) is 30.7 Å². The van der Waals surface area contributed by atoms with Gasteiger partial charge < -0.3 is 30.6 Å². The molecule has 1 aliphatic rings. The number of nitrogens with two attached hydrogens (primary N) is 2. The van der Waals surface area contributed by atoms with Gasteiger partial charge in [0.2, 0.25) is 0 Å². The standard InChI is InChI=1S/C28H31N5O6/c1-38-26(37)28(13-15-32(16-14-28)18-20(25(35)36)19-8-3-2-4-9-19)33(24(34)23-12-7-17-39-23)22-11-6-5-10-21(22)31-27(29)30/h2-12,17,20H,13-16,18H2,1H3,(H,35,36)(H4,29,30,31). The number of carbonyl (C=O) groups is 3. The van der Waals surface area contributed by atoms with Crippen LogP contribution in [0.25, 0.3) is 0 Å². The van der Waals surface area contributed by atoms with Gasteiger partial charge in [-0.05, 0) is 42.7 Å². The Bertz CT molecular complexity index is 1330. The Kier molecular flexibility index (Phi) is 8.30. The first-order valence-electron chi connectivity index (χ1n) is 12.4. The fraction of sp³-hybridized carbons (Fsp3) is 0.286. The molecule has 2 aromatic carbocycles. The maximum atomic E-state index is 13.9. The number of carbonyl (C=O) groups excluding carboxylic acids is 2. The summed E-state index contributed by atoms with van der Waals surface area (Å²) in [6.07, 6.45) is 1.71. The van der Waals surface area contributed by atoms with E-state index in [1.807, 2.05) is 11.0 Å². The van der Waals surface area contributed by atoms with Crippen molar-refractivity contribution in [1.82, 2.24) is 4.90 Å². The van der Waals surface area contributed by atoms with Crippen LogP contribution in [-0.4, -0.2) is 66.1 Å². The van der Waals surface area contributed by atoms with Crippen molar-refractivity contribution in [3.63, 3.8) is 0 Å². The lowest BCUT2D eigenvalue weighted by Crippen LogP contribution is -2.63. The highest BCUT2D eigenvalue weighted by Crippen LogP contribution is 2.40. The smallest absolute Gasteiger partial charge is 0.332 e. The molecule has 5 N–H and O–H groups in total. The highest BCUT2D eigenvalue weighted by Gasteiger charge is 2.51. The third kappa shape index (κ3) is 5.78. The molecule has 3 aromatic rings. The minimum atomic E-state index is -1.43. The van der Waals surface area contributed by atoms with E-state index in [2.05, 4.69) is 4.99 Å². The van der Waals surface area contributed by atoms with E-state index in [1.165, 1.54) is 24.3 Å². The Labute approximate surface area is 225 Å². The van der Waals surface area contributed by atoms with Crippen LogP contribution in [0.5, 0.6) is 0 Å². The van der Waals surface area contributed by atoms with E-state index in [0.29, 0.717) is 24.3 Å². The summed E-state index contributed by atoms with van der Waals surface area (Å²) in [6.45, 7) is 0.906. The van der Waals surface area contributed by atoms with Gasteiger partial charge >= 0.3 is 11.9 Å². The number of piperidine rings is 1. The monoisotopic (exact) mass is 533 g/mol. The average molecular weight is 534 g/mol. The number of carboxylic acids is 1. The van der Waals surface area contributed by atoms with E-state index in [-0.39, 0.29) is 36.8 Å². The number of methoxy groups -OCH3 is 1. The molecule has 2 heterocycles. The second-order valence-corrected chi connectivity index (χ2v) is 9.27. The molecule has 204 valence electrons. The Balaban J connectivity index is 1.72. The molecule has 11 nitrogen and oxygen atoms in total. The number of rotatable bonds is 9. The first-order chi connectivity index (χ1) is 18.8. The van der Waals surface area contributed by atoms with Gasteiger partial charge in [-0.2, -0.15) is 0 Å². The lowest BCUT2D eigenvalue weighted by Gasteiger charge is -2.46. The minimum absolute atomic E-state index is 0.0234. The van der Waals surface area contributed by atoms with Gasteiger partial charge in [0.25, 0.3) is 5.91 Å². The summed E-state index contributed by atoms with van der Waals surface area (Å²) >= 11 is 0.